The molecule has 3 heteroatoms. The Kier molecular flexibility index (Phi) is 3.27. The van der Waals surface area contributed by atoms with E-state index in [0.717, 1.165) is 16.8 Å². The zero-order valence-electron chi connectivity index (χ0n) is 9.42. The second kappa shape index (κ2) is 4.68. The topological polar surface area (TPSA) is 23.5 Å². The van der Waals surface area contributed by atoms with Crippen molar-refractivity contribution >= 4 is 17.0 Å². The number of aliphatic hydroxyl groups excluding tert-OH is 1. The molecule has 2 nitrogen and oxygen atoms in total. The first-order valence-electron chi connectivity index (χ1n) is 5.16. The average Bonchev–Trinajstić information content (AvgIpc) is 2.81. The first-order valence-corrected chi connectivity index (χ1v) is 6.10. The lowest BCUT2D eigenvalue weighted by molar-refractivity contribution is 0.221. The Morgan fingerprint density at radius 1 is 1.19 bits per heavy atom. The summed E-state index contributed by atoms with van der Waals surface area (Å²) in [7, 11) is 3.99. The molecule has 1 heterocycles. The zero-order valence-corrected chi connectivity index (χ0v) is 10.2. The number of aliphatic hydroxyl groups is 1. The second-order valence-corrected chi connectivity index (χ2v) is 4.73. The van der Waals surface area contributed by atoms with Gasteiger partial charge in [0.15, 0.2) is 0 Å². The van der Waals surface area contributed by atoms with Gasteiger partial charge in [-0.1, -0.05) is 12.1 Å². The van der Waals surface area contributed by atoms with Crippen LogP contribution in [-0.4, -0.2) is 19.2 Å². The van der Waals surface area contributed by atoms with E-state index in [4.69, 9.17) is 0 Å². The zero-order chi connectivity index (χ0) is 11.5. The van der Waals surface area contributed by atoms with Gasteiger partial charge in [-0.25, -0.2) is 0 Å². The Labute approximate surface area is 99.8 Å². The van der Waals surface area contributed by atoms with Gasteiger partial charge in [0.1, 0.15) is 6.10 Å². The van der Waals surface area contributed by atoms with Gasteiger partial charge in [-0.2, -0.15) is 11.3 Å². The van der Waals surface area contributed by atoms with Crippen molar-refractivity contribution < 1.29 is 5.11 Å². The summed E-state index contributed by atoms with van der Waals surface area (Å²) < 4.78 is 0. The number of benzene rings is 1. The first kappa shape index (κ1) is 11.2. The van der Waals surface area contributed by atoms with Crippen molar-refractivity contribution in [1.82, 2.24) is 0 Å². The molecule has 2 aromatic rings. The standard InChI is InChI=1S/C13H15NOS/c1-14(2)12-5-3-4-10(8-12)13(15)11-6-7-16-9-11/h3-9,13,15H,1-2H3. The van der Waals surface area contributed by atoms with E-state index in [1.165, 1.54) is 0 Å². The minimum Gasteiger partial charge on any atom is -0.384 e. The van der Waals surface area contributed by atoms with Crippen molar-refractivity contribution in [3.8, 4) is 0 Å². The van der Waals surface area contributed by atoms with Crippen LogP contribution in [0.15, 0.2) is 41.1 Å². The molecule has 0 aliphatic heterocycles. The number of anilines is 1. The summed E-state index contributed by atoms with van der Waals surface area (Å²) in [4.78, 5) is 2.03. The third-order valence-electron chi connectivity index (χ3n) is 2.56. The molecule has 0 saturated heterocycles. The molecule has 1 N–H and O–H groups in total. The third-order valence-corrected chi connectivity index (χ3v) is 3.26. The van der Waals surface area contributed by atoms with Crippen molar-refractivity contribution in [2.24, 2.45) is 0 Å². The summed E-state index contributed by atoms with van der Waals surface area (Å²) in [5.74, 6) is 0. The molecule has 1 atom stereocenters. The van der Waals surface area contributed by atoms with Gasteiger partial charge >= 0.3 is 0 Å². The summed E-state index contributed by atoms with van der Waals surface area (Å²) in [6.07, 6.45) is -0.522. The monoisotopic (exact) mass is 233 g/mol. The fourth-order valence-corrected chi connectivity index (χ4v) is 2.27. The molecule has 0 amide bonds. The normalized spacial score (nSPS) is 12.4. The third kappa shape index (κ3) is 2.26. The minimum atomic E-state index is -0.522. The summed E-state index contributed by atoms with van der Waals surface area (Å²) >= 11 is 1.60. The maximum atomic E-state index is 10.2. The van der Waals surface area contributed by atoms with Crippen molar-refractivity contribution in [2.45, 2.75) is 6.10 Å². The molecule has 0 aliphatic rings. The molecule has 2 rings (SSSR count). The fraction of sp³-hybridized carbons (Fsp3) is 0.231. The molecule has 84 valence electrons. The molecular weight excluding hydrogens is 218 g/mol. The molecule has 16 heavy (non-hydrogen) atoms. The van der Waals surface area contributed by atoms with E-state index in [1.807, 2.05) is 60.1 Å². The predicted molar refractivity (Wildman–Crippen MR) is 69.1 cm³/mol. The van der Waals surface area contributed by atoms with Crippen LogP contribution in [0.4, 0.5) is 5.69 Å². The van der Waals surface area contributed by atoms with Crippen LogP contribution in [0.1, 0.15) is 17.2 Å². The van der Waals surface area contributed by atoms with Gasteiger partial charge in [-0.05, 0) is 40.1 Å². The van der Waals surface area contributed by atoms with Crippen molar-refractivity contribution in [2.75, 3.05) is 19.0 Å². The van der Waals surface area contributed by atoms with Crippen LogP contribution < -0.4 is 4.90 Å². The Morgan fingerprint density at radius 2 is 2.00 bits per heavy atom. The number of thiophene rings is 1. The van der Waals surface area contributed by atoms with Crippen LogP contribution in [0.2, 0.25) is 0 Å². The number of nitrogens with zero attached hydrogens (tertiary/aromatic N) is 1. The highest BCUT2D eigenvalue weighted by atomic mass is 32.1. The summed E-state index contributed by atoms with van der Waals surface area (Å²) in [5, 5.41) is 14.1. The van der Waals surface area contributed by atoms with E-state index in [2.05, 4.69) is 0 Å². The van der Waals surface area contributed by atoms with E-state index < -0.39 is 6.10 Å². The highest BCUT2D eigenvalue weighted by Crippen LogP contribution is 2.26. The average molecular weight is 233 g/mol. The molecule has 0 radical (unpaired) electrons. The molecular formula is C13H15NOS. The maximum Gasteiger partial charge on any atom is 0.105 e. The van der Waals surface area contributed by atoms with Gasteiger partial charge in [0.25, 0.3) is 0 Å². The second-order valence-electron chi connectivity index (χ2n) is 3.95. The molecule has 0 aliphatic carbocycles. The van der Waals surface area contributed by atoms with Gasteiger partial charge in [0.2, 0.25) is 0 Å². The van der Waals surface area contributed by atoms with E-state index in [1.54, 1.807) is 11.3 Å². The number of rotatable bonds is 3. The van der Waals surface area contributed by atoms with E-state index >= 15 is 0 Å². The Morgan fingerprint density at radius 3 is 2.62 bits per heavy atom. The van der Waals surface area contributed by atoms with Crippen LogP contribution in [0.3, 0.4) is 0 Å². The predicted octanol–water partition coefficient (Wildman–Crippen LogP) is 2.90. The lowest BCUT2D eigenvalue weighted by atomic mass is 10.0. The molecule has 0 saturated carbocycles. The maximum absolute atomic E-state index is 10.2. The molecule has 1 aromatic heterocycles. The van der Waals surface area contributed by atoms with Gasteiger partial charge in [-0.15, -0.1) is 0 Å². The van der Waals surface area contributed by atoms with Crippen molar-refractivity contribution in [3.63, 3.8) is 0 Å². The molecule has 0 spiro atoms. The van der Waals surface area contributed by atoms with Crippen LogP contribution in [0, 0.1) is 0 Å². The Hall–Kier alpha value is -1.32. The molecule has 1 unspecified atom stereocenters. The van der Waals surface area contributed by atoms with Crippen LogP contribution >= 0.6 is 11.3 Å². The fourth-order valence-electron chi connectivity index (χ4n) is 1.60. The largest absolute Gasteiger partial charge is 0.384 e. The molecule has 0 bridgehead atoms. The highest BCUT2D eigenvalue weighted by molar-refractivity contribution is 7.07. The lowest BCUT2D eigenvalue weighted by Crippen LogP contribution is -2.09. The number of hydrogen-bond acceptors (Lipinski definition) is 3. The van der Waals surface area contributed by atoms with Crippen molar-refractivity contribution in [1.29, 1.82) is 0 Å². The van der Waals surface area contributed by atoms with Crippen LogP contribution in [0.25, 0.3) is 0 Å². The first-order chi connectivity index (χ1) is 7.68. The summed E-state index contributed by atoms with van der Waals surface area (Å²) in [6, 6.07) is 9.93. The van der Waals surface area contributed by atoms with Gasteiger partial charge in [0, 0.05) is 19.8 Å². The number of hydrogen-bond donors (Lipinski definition) is 1. The van der Waals surface area contributed by atoms with Crippen molar-refractivity contribution in [3.05, 3.63) is 52.2 Å². The quantitative estimate of drug-likeness (QED) is 0.881. The Bertz CT molecular complexity index is 451. The van der Waals surface area contributed by atoms with E-state index in [0.29, 0.717) is 0 Å². The van der Waals surface area contributed by atoms with E-state index in [-0.39, 0.29) is 0 Å². The van der Waals surface area contributed by atoms with Gasteiger partial charge in [0.05, 0.1) is 0 Å². The molecule has 1 aromatic carbocycles. The SMILES string of the molecule is CN(C)c1cccc(C(O)c2ccsc2)c1. The van der Waals surface area contributed by atoms with Gasteiger partial charge < -0.3 is 10.0 Å². The summed E-state index contributed by atoms with van der Waals surface area (Å²) in [5.41, 5.74) is 3.00. The lowest BCUT2D eigenvalue weighted by Gasteiger charge is -2.15. The molecule has 0 fully saturated rings. The highest BCUT2D eigenvalue weighted by Gasteiger charge is 2.11. The summed E-state index contributed by atoms with van der Waals surface area (Å²) in [6.45, 7) is 0. The van der Waals surface area contributed by atoms with Crippen LogP contribution in [-0.2, 0) is 0 Å². The van der Waals surface area contributed by atoms with Crippen LogP contribution in [0.5, 0.6) is 0 Å². The smallest absolute Gasteiger partial charge is 0.105 e. The Balaban J connectivity index is 2.30. The van der Waals surface area contributed by atoms with Gasteiger partial charge in [-0.3, -0.25) is 0 Å². The van der Waals surface area contributed by atoms with E-state index in [9.17, 15) is 5.11 Å². The minimum absolute atomic E-state index is 0.522.